The number of hydrogen-bond donors (Lipinski definition) is 1. The molecule has 0 unspecified atom stereocenters. The summed E-state index contributed by atoms with van der Waals surface area (Å²) in [6.45, 7) is 5.37. The van der Waals surface area contributed by atoms with Crippen LogP contribution in [-0.4, -0.2) is 12.5 Å². The van der Waals surface area contributed by atoms with Gasteiger partial charge in [0.05, 0.1) is 19.8 Å². The van der Waals surface area contributed by atoms with Gasteiger partial charge in [0.2, 0.25) is 0 Å². The molecule has 0 aromatic heterocycles. The Morgan fingerprint density at radius 1 is 0.929 bits per heavy atom. The topological polar surface area (TPSA) is 47.6 Å². The van der Waals surface area contributed by atoms with Gasteiger partial charge in [0, 0.05) is 16.8 Å². The maximum Gasteiger partial charge on any atom is 0.255 e. The minimum absolute atomic E-state index is 0.155. The number of aryl methyl sites for hydroxylation is 1. The van der Waals surface area contributed by atoms with Crippen molar-refractivity contribution in [3.8, 4) is 5.75 Å². The summed E-state index contributed by atoms with van der Waals surface area (Å²) in [5, 5.41) is 2.94. The fourth-order valence-electron chi connectivity index (χ4n) is 2.91. The highest BCUT2D eigenvalue weighted by molar-refractivity contribution is 6.04. The number of amides is 1. The Morgan fingerprint density at radius 3 is 2.50 bits per heavy atom. The fourth-order valence-corrected chi connectivity index (χ4v) is 2.91. The van der Waals surface area contributed by atoms with Gasteiger partial charge in [-0.2, -0.15) is 0 Å². The lowest BCUT2D eigenvalue weighted by atomic mass is 10.1. The first kappa shape index (κ1) is 19.6. The number of carbonyl (C=O) groups is 1. The number of hydrogen-bond acceptors (Lipinski definition) is 3. The molecule has 0 bridgehead atoms. The monoisotopic (exact) mass is 375 g/mol. The van der Waals surface area contributed by atoms with Gasteiger partial charge in [-0.1, -0.05) is 42.5 Å². The molecular formula is C24H25NO3. The van der Waals surface area contributed by atoms with Gasteiger partial charge < -0.3 is 14.8 Å². The molecule has 0 fully saturated rings. The molecule has 3 aromatic carbocycles. The first-order valence-corrected chi connectivity index (χ1v) is 9.41. The molecule has 3 aromatic rings. The average Bonchev–Trinajstić information content (AvgIpc) is 2.70. The van der Waals surface area contributed by atoms with Gasteiger partial charge in [-0.05, 0) is 55.3 Å². The van der Waals surface area contributed by atoms with Gasteiger partial charge in [0.25, 0.3) is 5.91 Å². The van der Waals surface area contributed by atoms with Gasteiger partial charge in [-0.25, -0.2) is 0 Å². The highest BCUT2D eigenvalue weighted by Crippen LogP contribution is 2.23. The van der Waals surface area contributed by atoms with Crippen molar-refractivity contribution in [1.82, 2.24) is 0 Å². The highest BCUT2D eigenvalue weighted by Gasteiger charge is 2.11. The van der Waals surface area contributed by atoms with Crippen LogP contribution < -0.4 is 10.1 Å². The van der Waals surface area contributed by atoms with Crippen molar-refractivity contribution >= 4 is 11.6 Å². The molecular weight excluding hydrogens is 350 g/mol. The van der Waals surface area contributed by atoms with E-state index < -0.39 is 0 Å². The Morgan fingerprint density at radius 2 is 1.75 bits per heavy atom. The molecule has 0 aliphatic heterocycles. The number of benzene rings is 3. The molecule has 4 heteroatoms. The van der Waals surface area contributed by atoms with Crippen LogP contribution in [-0.2, 0) is 18.0 Å². The normalized spacial score (nSPS) is 10.5. The molecule has 1 amide bonds. The Hall–Kier alpha value is -3.11. The maximum absolute atomic E-state index is 12.6. The lowest BCUT2D eigenvalue weighted by Crippen LogP contribution is -2.13. The third kappa shape index (κ3) is 5.44. The van der Waals surface area contributed by atoms with E-state index in [1.807, 2.05) is 80.6 Å². The van der Waals surface area contributed by atoms with Crippen molar-refractivity contribution in [3.63, 3.8) is 0 Å². The van der Waals surface area contributed by atoms with E-state index in [-0.39, 0.29) is 5.91 Å². The van der Waals surface area contributed by atoms with Crippen molar-refractivity contribution in [2.45, 2.75) is 27.1 Å². The van der Waals surface area contributed by atoms with Crippen LogP contribution >= 0.6 is 0 Å². The Balaban J connectivity index is 1.71. The van der Waals surface area contributed by atoms with Gasteiger partial charge in [0.1, 0.15) is 5.75 Å². The summed E-state index contributed by atoms with van der Waals surface area (Å²) in [6.07, 6.45) is 0. The molecule has 0 radical (unpaired) electrons. The van der Waals surface area contributed by atoms with Gasteiger partial charge in [-0.3, -0.25) is 4.79 Å². The minimum Gasteiger partial charge on any atom is -0.494 e. The van der Waals surface area contributed by atoms with Crippen LogP contribution in [0.15, 0.2) is 72.8 Å². The molecule has 0 saturated carbocycles. The second-order valence-electron chi connectivity index (χ2n) is 6.56. The van der Waals surface area contributed by atoms with Crippen molar-refractivity contribution in [2.75, 3.05) is 11.9 Å². The van der Waals surface area contributed by atoms with Crippen LogP contribution in [0, 0.1) is 6.92 Å². The van der Waals surface area contributed by atoms with E-state index in [0.717, 1.165) is 28.1 Å². The predicted octanol–water partition coefficient (Wildman–Crippen LogP) is 5.36. The molecule has 0 spiro atoms. The van der Waals surface area contributed by atoms with Crippen LogP contribution in [0.1, 0.15) is 34.0 Å². The Kier molecular flexibility index (Phi) is 6.82. The SMILES string of the molecule is CCOc1ccc(C(=O)Nc2cccc(C)c2)cc1COCc1ccccc1. The van der Waals surface area contributed by atoms with Crippen LogP contribution in [0.3, 0.4) is 0 Å². The zero-order chi connectivity index (χ0) is 19.8. The lowest BCUT2D eigenvalue weighted by Gasteiger charge is -2.13. The summed E-state index contributed by atoms with van der Waals surface area (Å²) in [7, 11) is 0. The van der Waals surface area contributed by atoms with E-state index in [1.165, 1.54) is 0 Å². The number of rotatable bonds is 8. The molecule has 3 rings (SSSR count). The summed E-state index contributed by atoms with van der Waals surface area (Å²) in [5.41, 5.74) is 4.41. The molecule has 4 nitrogen and oxygen atoms in total. The van der Waals surface area contributed by atoms with Crippen molar-refractivity contribution in [3.05, 3.63) is 95.1 Å². The molecule has 0 aliphatic rings. The molecule has 0 heterocycles. The van der Waals surface area contributed by atoms with E-state index in [4.69, 9.17) is 9.47 Å². The van der Waals surface area contributed by atoms with Crippen molar-refractivity contribution < 1.29 is 14.3 Å². The maximum atomic E-state index is 12.6. The smallest absolute Gasteiger partial charge is 0.255 e. The largest absolute Gasteiger partial charge is 0.494 e. The fraction of sp³-hybridized carbons (Fsp3) is 0.208. The molecule has 28 heavy (non-hydrogen) atoms. The van der Waals surface area contributed by atoms with Crippen molar-refractivity contribution in [1.29, 1.82) is 0 Å². The van der Waals surface area contributed by atoms with E-state index >= 15 is 0 Å². The lowest BCUT2D eigenvalue weighted by molar-refractivity contribution is 0.101. The molecule has 0 saturated heterocycles. The zero-order valence-electron chi connectivity index (χ0n) is 16.3. The van der Waals surface area contributed by atoms with Crippen LogP contribution in [0.4, 0.5) is 5.69 Å². The van der Waals surface area contributed by atoms with Crippen molar-refractivity contribution in [2.24, 2.45) is 0 Å². The second kappa shape index (κ2) is 9.72. The average molecular weight is 375 g/mol. The Bertz CT molecular complexity index is 922. The minimum atomic E-state index is -0.155. The van der Waals surface area contributed by atoms with Gasteiger partial charge >= 0.3 is 0 Å². The molecule has 0 atom stereocenters. The number of nitrogens with one attached hydrogen (secondary N) is 1. The number of ether oxygens (including phenoxy) is 2. The third-order valence-corrected chi connectivity index (χ3v) is 4.27. The summed E-state index contributed by atoms with van der Waals surface area (Å²) in [5.74, 6) is 0.584. The first-order valence-electron chi connectivity index (χ1n) is 9.41. The quantitative estimate of drug-likeness (QED) is 0.576. The molecule has 0 aliphatic carbocycles. The van der Waals surface area contributed by atoms with E-state index in [0.29, 0.717) is 25.4 Å². The number of anilines is 1. The standard InChI is InChI=1S/C24H25NO3/c1-3-28-23-13-12-20(24(26)25-22-11-7-8-18(2)14-22)15-21(23)17-27-16-19-9-5-4-6-10-19/h4-15H,3,16-17H2,1-2H3,(H,25,26). The zero-order valence-corrected chi connectivity index (χ0v) is 16.3. The summed E-state index contributed by atoms with van der Waals surface area (Å²) < 4.78 is 11.5. The van der Waals surface area contributed by atoms with E-state index in [1.54, 1.807) is 6.07 Å². The summed E-state index contributed by atoms with van der Waals surface area (Å²) in [6, 6.07) is 23.2. The van der Waals surface area contributed by atoms with Gasteiger partial charge in [0.15, 0.2) is 0 Å². The Labute approximate surface area is 166 Å². The highest BCUT2D eigenvalue weighted by atomic mass is 16.5. The van der Waals surface area contributed by atoms with Crippen LogP contribution in [0.2, 0.25) is 0 Å². The summed E-state index contributed by atoms with van der Waals surface area (Å²) in [4.78, 5) is 12.6. The number of carbonyl (C=O) groups excluding carboxylic acids is 1. The van der Waals surface area contributed by atoms with Crippen LogP contribution in [0.5, 0.6) is 5.75 Å². The van der Waals surface area contributed by atoms with E-state index in [2.05, 4.69) is 5.32 Å². The van der Waals surface area contributed by atoms with Crippen LogP contribution in [0.25, 0.3) is 0 Å². The third-order valence-electron chi connectivity index (χ3n) is 4.27. The summed E-state index contributed by atoms with van der Waals surface area (Å²) >= 11 is 0. The molecule has 144 valence electrons. The first-order chi connectivity index (χ1) is 13.7. The van der Waals surface area contributed by atoms with E-state index in [9.17, 15) is 4.79 Å². The second-order valence-corrected chi connectivity index (χ2v) is 6.56. The predicted molar refractivity (Wildman–Crippen MR) is 112 cm³/mol. The molecule has 1 N–H and O–H groups in total. The van der Waals surface area contributed by atoms with Gasteiger partial charge in [-0.15, -0.1) is 0 Å².